The second-order valence-electron chi connectivity index (χ2n) is 5.81. The van der Waals surface area contributed by atoms with E-state index in [9.17, 15) is 13.6 Å². The fraction of sp³-hybridized carbons (Fsp3) is 0.533. The van der Waals surface area contributed by atoms with E-state index in [0.717, 1.165) is 38.1 Å². The lowest BCUT2D eigenvalue weighted by atomic mass is 10.1. The number of carbonyl (C=O) groups excluding carboxylic acids is 1. The van der Waals surface area contributed by atoms with Gasteiger partial charge in [0.15, 0.2) is 0 Å². The topological polar surface area (TPSA) is 44.4 Å². The van der Waals surface area contributed by atoms with Gasteiger partial charge in [-0.2, -0.15) is 0 Å². The van der Waals surface area contributed by atoms with Crippen molar-refractivity contribution in [2.45, 2.75) is 31.3 Å². The highest BCUT2D eigenvalue weighted by atomic mass is 19.1. The first kappa shape index (κ1) is 14.4. The Balaban J connectivity index is 1.59. The summed E-state index contributed by atoms with van der Waals surface area (Å²) in [5.74, 6) is -1.88. The molecule has 2 heterocycles. The molecule has 21 heavy (non-hydrogen) atoms. The van der Waals surface area contributed by atoms with E-state index in [2.05, 4.69) is 10.6 Å². The fourth-order valence-electron chi connectivity index (χ4n) is 3.16. The molecule has 2 aliphatic heterocycles. The number of hydrogen-bond acceptors (Lipinski definition) is 3. The van der Waals surface area contributed by atoms with Crippen LogP contribution in [0.5, 0.6) is 0 Å². The van der Waals surface area contributed by atoms with Gasteiger partial charge in [-0.25, -0.2) is 8.78 Å². The third-order valence-corrected chi connectivity index (χ3v) is 4.20. The Morgan fingerprint density at radius 2 is 1.95 bits per heavy atom. The van der Waals surface area contributed by atoms with Crippen LogP contribution in [0.3, 0.4) is 0 Å². The van der Waals surface area contributed by atoms with Crippen molar-refractivity contribution in [1.29, 1.82) is 0 Å². The Hall–Kier alpha value is -1.53. The number of halogens is 2. The van der Waals surface area contributed by atoms with Crippen molar-refractivity contribution in [3.8, 4) is 0 Å². The van der Waals surface area contributed by atoms with Crippen LogP contribution < -0.4 is 10.6 Å². The number of carbonyl (C=O) groups is 1. The van der Waals surface area contributed by atoms with Crippen molar-refractivity contribution in [3.05, 3.63) is 29.8 Å². The van der Waals surface area contributed by atoms with Gasteiger partial charge in [-0.05, 0) is 31.4 Å². The molecule has 2 saturated heterocycles. The number of fused-ring (bicyclic) bond motifs is 2. The Kier molecular flexibility index (Phi) is 4.17. The van der Waals surface area contributed by atoms with Gasteiger partial charge in [-0.1, -0.05) is 6.07 Å². The number of hydrogen-bond donors (Lipinski definition) is 2. The molecule has 0 aliphatic carbocycles. The molecule has 3 rings (SSSR count). The van der Waals surface area contributed by atoms with E-state index in [1.165, 1.54) is 12.5 Å². The standard InChI is InChI=1S/C15H19F2N3O/c16-12-2-1-3-13(17)15(12)19-14(21)9-20-7-6-10-4-5-11(8-20)18-10/h1-3,10-11,18H,4-9H2,(H,19,21). The lowest BCUT2D eigenvalue weighted by molar-refractivity contribution is -0.117. The van der Waals surface area contributed by atoms with Crippen LogP contribution in [0.25, 0.3) is 0 Å². The molecule has 0 saturated carbocycles. The van der Waals surface area contributed by atoms with Gasteiger partial charge in [0, 0.05) is 25.2 Å². The third kappa shape index (κ3) is 3.39. The largest absolute Gasteiger partial charge is 0.320 e. The Labute approximate surface area is 122 Å². The number of nitrogens with one attached hydrogen (secondary N) is 2. The summed E-state index contributed by atoms with van der Waals surface area (Å²) in [6.45, 7) is 1.81. The van der Waals surface area contributed by atoms with Gasteiger partial charge in [0.05, 0.1) is 6.54 Å². The van der Waals surface area contributed by atoms with Gasteiger partial charge >= 0.3 is 0 Å². The number of likely N-dealkylation sites (tertiary alicyclic amines) is 1. The average Bonchev–Trinajstić information content (AvgIpc) is 2.77. The molecule has 0 aromatic heterocycles. The zero-order valence-electron chi connectivity index (χ0n) is 11.7. The smallest absolute Gasteiger partial charge is 0.238 e. The average molecular weight is 295 g/mol. The van der Waals surface area contributed by atoms with Crippen LogP contribution in [0.4, 0.5) is 14.5 Å². The molecule has 0 spiro atoms. The molecular weight excluding hydrogens is 276 g/mol. The Morgan fingerprint density at radius 1 is 1.24 bits per heavy atom. The van der Waals surface area contributed by atoms with Crippen LogP contribution in [0.15, 0.2) is 18.2 Å². The summed E-state index contributed by atoms with van der Waals surface area (Å²) in [5, 5.41) is 5.87. The number of rotatable bonds is 3. The molecule has 0 radical (unpaired) electrons. The van der Waals surface area contributed by atoms with Crippen molar-refractivity contribution in [1.82, 2.24) is 10.2 Å². The van der Waals surface area contributed by atoms with E-state index < -0.39 is 11.6 Å². The van der Waals surface area contributed by atoms with E-state index in [0.29, 0.717) is 12.1 Å². The quantitative estimate of drug-likeness (QED) is 0.892. The summed E-state index contributed by atoms with van der Waals surface area (Å²) in [4.78, 5) is 14.0. The number of anilines is 1. The summed E-state index contributed by atoms with van der Waals surface area (Å²) in [6, 6.07) is 4.51. The number of para-hydroxylation sites is 1. The van der Waals surface area contributed by atoms with E-state index in [-0.39, 0.29) is 18.1 Å². The molecule has 2 fully saturated rings. The van der Waals surface area contributed by atoms with E-state index in [1.807, 2.05) is 4.90 Å². The molecule has 1 aromatic carbocycles. The first-order valence-corrected chi connectivity index (χ1v) is 7.34. The molecule has 4 nitrogen and oxygen atoms in total. The first-order valence-electron chi connectivity index (χ1n) is 7.34. The molecule has 6 heteroatoms. The summed E-state index contributed by atoms with van der Waals surface area (Å²) >= 11 is 0. The second kappa shape index (κ2) is 6.07. The van der Waals surface area contributed by atoms with Crippen molar-refractivity contribution in [3.63, 3.8) is 0 Å². The number of nitrogens with zero attached hydrogens (tertiary/aromatic N) is 1. The minimum Gasteiger partial charge on any atom is -0.320 e. The molecule has 1 aromatic rings. The third-order valence-electron chi connectivity index (χ3n) is 4.20. The molecule has 2 N–H and O–H groups in total. The summed E-state index contributed by atoms with van der Waals surface area (Å²) in [7, 11) is 0. The maximum atomic E-state index is 13.5. The molecule has 2 bridgehead atoms. The molecule has 2 atom stereocenters. The lowest BCUT2D eigenvalue weighted by Crippen LogP contribution is -2.39. The van der Waals surface area contributed by atoms with Crippen molar-refractivity contribution in [2.24, 2.45) is 0 Å². The van der Waals surface area contributed by atoms with Crippen molar-refractivity contribution >= 4 is 11.6 Å². The normalized spacial score (nSPS) is 25.6. The van der Waals surface area contributed by atoms with Gasteiger partial charge < -0.3 is 10.6 Å². The van der Waals surface area contributed by atoms with Crippen LogP contribution in [-0.4, -0.2) is 42.5 Å². The molecule has 1 amide bonds. The van der Waals surface area contributed by atoms with E-state index in [4.69, 9.17) is 0 Å². The van der Waals surface area contributed by atoms with Gasteiger partial charge in [0.25, 0.3) is 0 Å². The minimum atomic E-state index is -0.750. The van der Waals surface area contributed by atoms with Crippen LogP contribution in [-0.2, 0) is 4.79 Å². The Morgan fingerprint density at radius 3 is 2.71 bits per heavy atom. The summed E-state index contributed by atoms with van der Waals surface area (Å²) < 4.78 is 27.0. The van der Waals surface area contributed by atoms with Gasteiger partial charge in [0.1, 0.15) is 17.3 Å². The monoisotopic (exact) mass is 295 g/mol. The van der Waals surface area contributed by atoms with Gasteiger partial charge in [-0.15, -0.1) is 0 Å². The predicted molar refractivity (Wildman–Crippen MR) is 76.0 cm³/mol. The zero-order valence-corrected chi connectivity index (χ0v) is 11.7. The predicted octanol–water partition coefficient (Wildman–Crippen LogP) is 1.73. The lowest BCUT2D eigenvalue weighted by Gasteiger charge is -2.23. The SMILES string of the molecule is O=C(CN1CCC2CCC(C1)N2)Nc1c(F)cccc1F. The number of benzene rings is 1. The molecular formula is C15H19F2N3O. The highest BCUT2D eigenvalue weighted by Crippen LogP contribution is 2.21. The highest BCUT2D eigenvalue weighted by Gasteiger charge is 2.29. The molecule has 2 unspecified atom stereocenters. The zero-order chi connectivity index (χ0) is 14.8. The van der Waals surface area contributed by atoms with Crippen LogP contribution >= 0.6 is 0 Å². The fourth-order valence-corrected chi connectivity index (χ4v) is 3.16. The first-order chi connectivity index (χ1) is 10.1. The van der Waals surface area contributed by atoms with E-state index in [1.54, 1.807) is 0 Å². The van der Waals surface area contributed by atoms with Crippen molar-refractivity contribution in [2.75, 3.05) is 25.0 Å². The van der Waals surface area contributed by atoms with Crippen LogP contribution in [0.1, 0.15) is 19.3 Å². The molecule has 2 aliphatic rings. The van der Waals surface area contributed by atoms with Crippen molar-refractivity contribution < 1.29 is 13.6 Å². The van der Waals surface area contributed by atoms with Gasteiger partial charge in [0.2, 0.25) is 5.91 Å². The second-order valence-corrected chi connectivity index (χ2v) is 5.81. The molecule has 114 valence electrons. The van der Waals surface area contributed by atoms with Crippen LogP contribution in [0, 0.1) is 11.6 Å². The maximum absolute atomic E-state index is 13.5. The summed E-state index contributed by atoms with van der Waals surface area (Å²) in [6.07, 6.45) is 3.34. The highest BCUT2D eigenvalue weighted by molar-refractivity contribution is 5.92. The van der Waals surface area contributed by atoms with Crippen LogP contribution in [0.2, 0.25) is 0 Å². The number of amides is 1. The van der Waals surface area contributed by atoms with E-state index >= 15 is 0 Å². The summed E-state index contributed by atoms with van der Waals surface area (Å²) in [5.41, 5.74) is -0.364. The minimum absolute atomic E-state index is 0.165. The van der Waals surface area contributed by atoms with Gasteiger partial charge in [-0.3, -0.25) is 9.69 Å². The Bertz CT molecular complexity index is 517. The maximum Gasteiger partial charge on any atom is 0.238 e.